The molecule has 7 heteroatoms. The van der Waals surface area contributed by atoms with Crippen molar-refractivity contribution in [1.82, 2.24) is 10.6 Å². The Morgan fingerprint density at radius 1 is 1.36 bits per heavy atom. The first-order chi connectivity index (χ1) is 10.5. The minimum absolute atomic E-state index is 0.124. The topological polar surface area (TPSA) is 108 Å². The van der Waals surface area contributed by atoms with E-state index < -0.39 is 24.0 Å². The highest BCUT2D eigenvalue weighted by molar-refractivity contribution is 5.98. The molecule has 0 heterocycles. The Hall–Kier alpha value is -2.88. The van der Waals surface area contributed by atoms with E-state index in [1.807, 2.05) is 6.07 Å². The van der Waals surface area contributed by atoms with E-state index in [9.17, 15) is 14.4 Å². The number of imide groups is 1. The van der Waals surface area contributed by atoms with Crippen LogP contribution in [0.4, 0.5) is 4.79 Å². The zero-order valence-corrected chi connectivity index (χ0v) is 12.0. The summed E-state index contributed by atoms with van der Waals surface area (Å²) in [4.78, 5) is 35.1. The Bertz CT molecular complexity index is 646. The fourth-order valence-corrected chi connectivity index (χ4v) is 1.66. The molecular formula is C15H15N3O4. The molecule has 3 amide bonds. The Morgan fingerprint density at radius 3 is 2.73 bits per heavy atom. The van der Waals surface area contributed by atoms with Crippen LogP contribution in [0.3, 0.4) is 0 Å². The van der Waals surface area contributed by atoms with Crippen LogP contribution in [-0.2, 0) is 9.53 Å². The number of urea groups is 1. The fraction of sp³-hybridized carbons (Fsp3) is 0.333. The van der Waals surface area contributed by atoms with E-state index in [0.717, 1.165) is 12.8 Å². The second-order valence-electron chi connectivity index (χ2n) is 4.98. The predicted molar refractivity (Wildman–Crippen MR) is 75.7 cm³/mol. The molecule has 22 heavy (non-hydrogen) atoms. The van der Waals surface area contributed by atoms with E-state index in [2.05, 4.69) is 10.6 Å². The van der Waals surface area contributed by atoms with Crippen LogP contribution in [0.2, 0.25) is 0 Å². The van der Waals surface area contributed by atoms with Gasteiger partial charge in [0.15, 0.2) is 6.10 Å². The number of esters is 1. The molecule has 0 bridgehead atoms. The van der Waals surface area contributed by atoms with Crippen molar-refractivity contribution in [2.24, 2.45) is 0 Å². The lowest BCUT2D eigenvalue weighted by Gasteiger charge is -2.13. The molecule has 1 fully saturated rings. The first-order valence-electron chi connectivity index (χ1n) is 6.82. The zero-order valence-electron chi connectivity index (χ0n) is 12.0. The number of nitrogens with zero attached hydrogens (tertiary/aromatic N) is 1. The van der Waals surface area contributed by atoms with Gasteiger partial charge in [-0.1, -0.05) is 6.07 Å². The first-order valence-corrected chi connectivity index (χ1v) is 6.82. The number of hydrogen-bond donors (Lipinski definition) is 2. The summed E-state index contributed by atoms with van der Waals surface area (Å²) in [5.41, 5.74) is 0.483. The van der Waals surface area contributed by atoms with E-state index in [1.54, 1.807) is 12.1 Å². The van der Waals surface area contributed by atoms with Crippen molar-refractivity contribution in [3.05, 3.63) is 35.4 Å². The number of carbonyl (C=O) groups is 3. The summed E-state index contributed by atoms with van der Waals surface area (Å²) in [6.45, 7) is 1.37. The molecule has 1 saturated carbocycles. The first kappa shape index (κ1) is 15.5. The lowest BCUT2D eigenvalue weighted by molar-refractivity contribution is -0.127. The summed E-state index contributed by atoms with van der Waals surface area (Å²) < 4.78 is 4.98. The summed E-state index contributed by atoms with van der Waals surface area (Å²) in [5.74, 6) is -1.44. The summed E-state index contributed by atoms with van der Waals surface area (Å²) >= 11 is 0. The number of amides is 3. The number of carbonyl (C=O) groups excluding carboxylic acids is 3. The average molecular weight is 301 g/mol. The van der Waals surface area contributed by atoms with Crippen molar-refractivity contribution in [3.8, 4) is 6.07 Å². The molecule has 7 nitrogen and oxygen atoms in total. The van der Waals surface area contributed by atoms with Crippen molar-refractivity contribution >= 4 is 17.9 Å². The van der Waals surface area contributed by atoms with Gasteiger partial charge >= 0.3 is 12.0 Å². The molecule has 2 rings (SSSR count). The van der Waals surface area contributed by atoms with Crippen molar-refractivity contribution in [2.75, 3.05) is 0 Å². The summed E-state index contributed by atoms with van der Waals surface area (Å²) in [7, 11) is 0. The molecule has 0 spiro atoms. The van der Waals surface area contributed by atoms with Gasteiger partial charge in [-0.05, 0) is 38.0 Å². The smallest absolute Gasteiger partial charge is 0.338 e. The lowest BCUT2D eigenvalue weighted by atomic mass is 10.1. The van der Waals surface area contributed by atoms with Gasteiger partial charge in [0.05, 0.1) is 17.2 Å². The van der Waals surface area contributed by atoms with Crippen LogP contribution in [0, 0.1) is 11.3 Å². The van der Waals surface area contributed by atoms with E-state index in [0.29, 0.717) is 5.56 Å². The number of ether oxygens (including phenoxy) is 1. The van der Waals surface area contributed by atoms with Gasteiger partial charge in [-0.2, -0.15) is 5.26 Å². The Morgan fingerprint density at radius 2 is 2.09 bits per heavy atom. The van der Waals surface area contributed by atoms with Gasteiger partial charge in [-0.25, -0.2) is 9.59 Å². The molecule has 1 aliphatic rings. The van der Waals surface area contributed by atoms with Crippen LogP contribution in [0.25, 0.3) is 0 Å². The van der Waals surface area contributed by atoms with Crippen LogP contribution in [-0.4, -0.2) is 30.1 Å². The third kappa shape index (κ3) is 4.31. The predicted octanol–water partition coefficient (Wildman–Crippen LogP) is 1.09. The number of nitriles is 1. The third-order valence-electron chi connectivity index (χ3n) is 3.03. The van der Waals surface area contributed by atoms with E-state index >= 15 is 0 Å². The molecule has 1 unspecified atom stereocenters. The van der Waals surface area contributed by atoms with Gasteiger partial charge in [0.1, 0.15) is 0 Å². The van der Waals surface area contributed by atoms with Crippen LogP contribution in [0.15, 0.2) is 24.3 Å². The molecule has 0 aliphatic heterocycles. The fourth-order valence-electron chi connectivity index (χ4n) is 1.66. The van der Waals surface area contributed by atoms with Gasteiger partial charge in [-0.15, -0.1) is 0 Å². The van der Waals surface area contributed by atoms with Gasteiger partial charge < -0.3 is 10.1 Å². The highest BCUT2D eigenvalue weighted by atomic mass is 16.5. The zero-order chi connectivity index (χ0) is 16.1. The number of nitrogens with one attached hydrogen (secondary N) is 2. The van der Waals surface area contributed by atoms with Gasteiger partial charge in [0.2, 0.25) is 0 Å². The molecule has 2 N–H and O–H groups in total. The molecule has 1 atom stereocenters. The lowest BCUT2D eigenvalue weighted by Crippen LogP contribution is -2.45. The maximum Gasteiger partial charge on any atom is 0.338 e. The average Bonchev–Trinajstić information content (AvgIpc) is 3.30. The van der Waals surface area contributed by atoms with Crippen LogP contribution >= 0.6 is 0 Å². The van der Waals surface area contributed by atoms with Crippen LogP contribution in [0.5, 0.6) is 0 Å². The Labute approximate surface area is 127 Å². The van der Waals surface area contributed by atoms with Crippen molar-refractivity contribution in [3.63, 3.8) is 0 Å². The van der Waals surface area contributed by atoms with Gasteiger partial charge in [0.25, 0.3) is 5.91 Å². The molecule has 1 aliphatic carbocycles. The minimum atomic E-state index is -1.12. The molecule has 1 aromatic carbocycles. The molecular weight excluding hydrogens is 286 g/mol. The van der Waals surface area contributed by atoms with E-state index in [-0.39, 0.29) is 11.6 Å². The van der Waals surface area contributed by atoms with E-state index in [4.69, 9.17) is 10.00 Å². The van der Waals surface area contributed by atoms with Crippen molar-refractivity contribution in [1.29, 1.82) is 5.26 Å². The third-order valence-corrected chi connectivity index (χ3v) is 3.03. The second kappa shape index (κ2) is 6.72. The quantitative estimate of drug-likeness (QED) is 0.809. The SMILES string of the molecule is CC(OC(=O)c1cccc(C#N)c1)C(=O)NC(=O)NC1CC1. The van der Waals surface area contributed by atoms with Gasteiger partial charge in [0, 0.05) is 6.04 Å². The van der Waals surface area contributed by atoms with Crippen LogP contribution < -0.4 is 10.6 Å². The Balaban J connectivity index is 1.88. The highest BCUT2D eigenvalue weighted by Gasteiger charge is 2.26. The maximum absolute atomic E-state index is 11.9. The van der Waals surface area contributed by atoms with Crippen molar-refractivity contribution < 1.29 is 19.1 Å². The summed E-state index contributed by atoms with van der Waals surface area (Å²) in [6.07, 6.45) is 0.686. The molecule has 0 aromatic heterocycles. The minimum Gasteiger partial charge on any atom is -0.449 e. The number of rotatable bonds is 4. The van der Waals surface area contributed by atoms with Crippen LogP contribution in [0.1, 0.15) is 35.7 Å². The maximum atomic E-state index is 11.9. The van der Waals surface area contributed by atoms with E-state index in [1.165, 1.54) is 19.1 Å². The number of benzene rings is 1. The molecule has 0 saturated heterocycles. The largest absolute Gasteiger partial charge is 0.449 e. The second-order valence-corrected chi connectivity index (χ2v) is 4.98. The summed E-state index contributed by atoms with van der Waals surface area (Å²) in [5, 5.41) is 13.5. The summed E-state index contributed by atoms with van der Waals surface area (Å²) in [6, 6.07) is 7.38. The van der Waals surface area contributed by atoms with Crippen molar-refractivity contribution in [2.45, 2.75) is 31.9 Å². The number of hydrogen-bond acceptors (Lipinski definition) is 5. The molecule has 0 radical (unpaired) electrons. The monoisotopic (exact) mass is 301 g/mol. The van der Waals surface area contributed by atoms with Gasteiger partial charge in [-0.3, -0.25) is 10.1 Å². The highest BCUT2D eigenvalue weighted by Crippen LogP contribution is 2.18. The molecule has 114 valence electrons. The molecule has 1 aromatic rings. The Kier molecular flexibility index (Phi) is 4.73. The normalized spacial score (nSPS) is 14.4. The standard InChI is InChI=1S/C15H15N3O4/c1-9(13(19)18-15(21)17-12-5-6-12)22-14(20)11-4-2-3-10(7-11)8-16/h2-4,7,9,12H,5-6H2,1H3,(H2,17,18,19,21).